The molecule has 0 aliphatic rings. The summed E-state index contributed by atoms with van der Waals surface area (Å²) in [5.41, 5.74) is 5.00. The molecular formula is C29H37NO9. The van der Waals surface area contributed by atoms with Crippen molar-refractivity contribution in [2.24, 2.45) is 16.6 Å². The van der Waals surface area contributed by atoms with E-state index in [0.29, 0.717) is 11.3 Å². The Labute approximate surface area is 228 Å². The van der Waals surface area contributed by atoms with E-state index in [1.165, 1.54) is 12.1 Å². The lowest BCUT2D eigenvalue weighted by atomic mass is 9.97. The van der Waals surface area contributed by atoms with Gasteiger partial charge in [-0.25, -0.2) is 4.79 Å². The maximum Gasteiger partial charge on any atom is 0.513 e. The average molecular weight is 544 g/mol. The van der Waals surface area contributed by atoms with Gasteiger partial charge < -0.3 is 29.4 Å². The summed E-state index contributed by atoms with van der Waals surface area (Å²) in [6.45, 7) is 11.5. The molecule has 2 atom stereocenters. The predicted octanol–water partition coefficient (Wildman–Crippen LogP) is 4.61. The van der Waals surface area contributed by atoms with Gasteiger partial charge >= 0.3 is 24.1 Å². The number of carbonyl (C=O) groups is 4. The first-order valence-electron chi connectivity index (χ1n) is 12.5. The third-order valence-electron chi connectivity index (χ3n) is 5.09. The van der Waals surface area contributed by atoms with Gasteiger partial charge in [-0.15, -0.1) is 0 Å². The van der Waals surface area contributed by atoms with E-state index in [1.54, 1.807) is 84.9 Å². The number of carbonyl (C=O) groups excluding carboxylic acids is 4. The topological polar surface area (TPSA) is 140 Å². The molecule has 10 heteroatoms. The molecule has 0 saturated carbocycles. The van der Waals surface area contributed by atoms with Crippen molar-refractivity contribution in [1.29, 1.82) is 0 Å². The third-order valence-corrected chi connectivity index (χ3v) is 5.09. The molecule has 0 heterocycles. The summed E-state index contributed by atoms with van der Waals surface area (Å²) in [5, 5.41) is 0. The number of rotatable bonds is 9. The normalized spacial score (nSPS) is 13.0. The van der Waals surface area contributed by atoms with Gasteiger partial charge in [0.1, 0.15) is 24.5 Å². The molecular weight excluding hydrogens is 506 g/mol. The van der Waals surface area contributed by atoms with Crippen LogP contribution in [-0.4, -0.2) is 42.8 Å². The number of hydrogen-bond acceptors (Lipinski definition) is 10. The average Bonchev–Trinajstić information content (AvgIpc) is 2.83. The zero-order valence-electron chi connectivity index (χ0n) is 23.4. The minimum atomic E-state index is -1.07. The Hall–Kier alpha value is -3.92. The van der Waals surface area contributed by atoms with Crippen LogP contribution in [0.2, 0.25) is 0 Å². The van der Waals surface area contributed by atoms with Crippen LogP contribution in [0.15, 0.2) is 48.5 Å². The Morgan fingerprint density at radius 1 is 0.795 bits per heavy atom. The highest BCUT2D eigenvalue weighted by molar-refractivity contribution is 5.81. The summed E-state index contributed by atoms with van der Waals surface area (Å²) < 4.78 is 26.3. The second-order valence-corrected chi connectivity index (χ2v) is 11.1. The van der Waals surface area contributed by atoms with Gasteiger partial charge in [-0.2, -0.15) is 0 Å². The number of ether oxygens (including phenoxy) is 5. The first kappa shape index (κ1) is 31.3. The Bertz CT molecular complexity index is 1160. The second-order valence-electron chi connectivity index (χ2n) is 11.1. The minimum Gasteiger partial charge on any atom is -0.458 e. The standard InChI is InChI=1S/C29H37NO9/c1-18(17-35-27(34)37-20-11-9-8-10-12-20)36-24(31)21(30)15-19-13-14-22(38-25(32)28(2,3)4)23(16-19)39-26(33)29(5,6)7/h8-14,16,18,21H,15,17,30H2,1-7H3/t18-,21-/m0/s1. The van der Waals surface area contributed by atoms with E-state index in [2.05, 4.69) is 0 Å². The molecule has 0 bridgehead atoms. The van der Waals surface area contributed by atoms with E-state index in [9.17, 15) is 19.2 Å². The smallest absolute Gasteiger partial charge is 0.458 e. The van der Waals surface area contributed by atoms with Crippen LogP contribution in [0, 0.1) is 10.8 Å². The molecule has 39 heavy (non-hydrogen) atoms. The zero-order chi connectivity index (χ0) is 29.4. The number of para-hydroxylation sites is 1. The number of esters is 3. The van der Waals surface area contributed by atoms with Crippen molar-refractivity contribution in [2.75, 3.05) is 6.61 Å². The van der Waals surface area contributed by atoms with Crippen LogP contribution in [0.4, 0.5) is 4.79 Å². The van der Waals surface area contributed by atoms with Crippen LogP contribution in [-0.2, 0) is 30.3 Å². The van der Waals surface area contributed by atoms with E-state index in [0.717, 1.165) is 0 Å². The molecule has 0 amide bonds. The molecule has 2 aromatic carbocycles. The fourth-order valence-corrected chi connectivity index (χ4v) is 2.81. The van der Waals surface area contributed by atoms with Gasteiger partial charge in [0.15, 0.2) is 11.5 Å². The lowest BCUT2D eigenvalue weighted by Crippen LogP contribution is -2.37. The first-order valence-corrected chi connectivity index (χ1v) is 12.5. The molecule has 2 aromatic rings. The molecule has 0 spiro atoms. The van der Waals surface area contributed by atoms with Gasteiger partial charge in [-0.1, -0.05) is 24.3 Å². The molecule has 10 nitrogen and oxygen atoms in total. The van der Waals surface area contributed by atoms with Crippen molar-refractivity contribution in [3.8, 4) is 17.2 Å². The van der Waals surface area contributed by atoms with Crippen LogP contribution in [0.3, 0.4) is 0 Å². The lowest BCUT2D eigenvalue weighted by Gasteiger charge is -2.21. The molecule has 0 aliphatic carbocycles. The van der Waals surface area contributed by atoms with Crippen molar-refractivity contribution in [2.45, 2.75) is 67.0 Å². The fourth-order valence-electron chi connectivity index (χ4n) is 2.81. The van der Waals surface area contributed by atoms with Gasteiger partial charge in [0.05, 0.1) is 10.8 Å². The quantitative estimate of drug-likeness (QED) is 0.271. The first-order chi connectivity index (χ1) is 18.1. The van der Waals surface area contributed by atoms with Gasteiger partial charge in [0.2, 0.25) is 0 Å². The van der Waals surface area contributed by atoms with Gasteiger partial charge in [0.25, 0.3) is 0 Å². The van der Waals surface area contributed by atoms with Gasteiger partial charge in [-0.3, -0.25) is 14.4 Å². The summed E-state index contributed by atoms with van der Waals surface area (Å²) in [4.78, 5) is 49.3. The van der Waals surface area contributed by atoms with Gasteiger partial charge in [0, 0.05) is 0 Å². The third kappa shape index (κ3) is 10.4. The fraction of sp³-hybridized carbons (Fsp3) is 0.448. The SMILES string of the molecule is C[C@@H](COC(=O)Oc1ccccc1)OC(=O)[C@@H](N)Cc1ccc(OC(=O)C(C)(C)C)c(OC(=O)C(C)(C)C)c1. The minimum absolute atomic E-state index is 0.0317. The number of hydrogen-bond donors (Lipinski definition) is 1. The Morgan fingerprint density at radius 3 is 1.92 bits per heavy atom. The molecule has 212 valence electrons. The summed E-state index contributed by atoms with van der Waals surface area (Å²) in [6, 6.07) is 11.9. The molecule has 0 aliphatic heterocycles. The molecule has 2 N–H and O–H groups in total. The maximum absolute atomic E-state index is 12.5. The van der Waals surface area contributed by atoms with Crippen molar-refractivity contribution in [3.05, 3.63) is 54.1 Å². The van der Waals surface area contributed by atoms with E-state index in [4.69, 9.17) is 29.4 Å². The number of benzene rings is 2. The molecule has 0 radical (unpaired) electrons. The Kier molecular flexibility index (Phi) is 10.6. The molecule has 0 aromatic heterocycles. The number of nitrogens with two attached hydrogens (primary N) is 1. The summed E-state index contributed by atoms with van der Waals surface area (Å²) >= 11 is 0. The van der Waals surface area contributed by atoms with Crippen molar-refractivity contribution >= 4 is 24.1 Å². The maximum atomic E-state index is 12.5. The summed E-state index contributed by atoms with van der Waals surface area (Å²) in [5.74, 6) is -1.34. The van der Waals surface area contributed by atoms with E-state index >= 15 is 0 Å². The Morgan fingerprint density at radius 2 is 1.36 bits per heavy atom. The van der Waals surface area contributed by atoms with Crippen molar-refractivity contribution in [1.82, 2.24) is 0 Å². The zero-order valence-corrected chi connectivity index (χ0v) is 23.4. The molecule has 0 saturated heterocycles. The van der Waals surface area contributed by atoms with Crippen molar-refractivity contribution in [3.63, 3.8) is 0 Å². The van der Waals surface area contributed by atoms with Gasteiger partial charge in [-0.05, 0) is 84.7 Å². The van der Waals surface area contributed by atoms with Crippen LogP contribution in [0.25, 0.3) is 0 Å². The van der Waals surface area contributed by atoms with E-state index in [1.807, 2.05) is 0 Å². The van der Waals surface area contributed by atoms with Crippen LogP contribution >= 0.6 is 0 Å². The highest BCUT2D eigenvalue weighted by atomic mass is 16.7. The molecule has 0 unspecified atom stereocenters. The Balaban J connectivity index is 2.02. The second kappa shape index (κ2) is 13.2. The highest BCUT2D eigenvalue weighted by Gasteiger charge is 2.29. The highest BCUT2D eigenvalue weighted by Crippen LogP contribution is 2.33. The monoisotopic (exact) mass is 543 g/mol. The van der Waals surface area contributed by atoms with Crippen LogP contribution in [0.1, 0.15) is 54.0 Å². The summed E-state index contributed by atoms with van der Waals surface area (Å²) in [6.07, 6.45) is -1.68. The predicted molar refractivity (Wildman–Crippen MR) is 142 cm³/mol. The summed E-state index contributed by atoms with van der Waals surface area (Å²) in [7, 11) is 0. The van der Waals surface area contributed by atoms with E-state index < -0.39 is 47.0 Å². The van der Waals surface area contributed by atoms with E-state index in [-0.39, 0.29) is 24.5 Å². The van der Waals surface area contributed by atoms with Crippen molar-refractivity contribution < 1.29 is 42.9 Å². The van der Waals surface area contributed by atoms with Crippen LogP contribution < -0.4 is 19.9 Å². The molecule has 0 fully saturated rings. The largest absolute Gasteiger partial charge is 0.513 e. The molecule has 2 rings (SSSR count). The lowest BCUT2D eigenvalue weighted by molar-refractivity contribution is -0.152. The van der Waals surface area contributed by atoms with Crippen LogP contribution in [0.5, 0.6) is 17.2 Å².